The van der Waals surface area contributed by atoms with E-state index in [1.807, 2.05) is 18.7 Å². The smallest absolute Gasteiger partial charge is 0.273 e. The van der Waals surface area contributed by atoms with Gasteiger partial charge >= 0.3 is 0 Å². The van der Waals surface area contributed by atoms with Crippen molar-refractivity contribution in [3.8, 4) is 5.75 Å². The molecule has 2 heterocycles. The monoisotopic (exact) mass is 405 g/mol. The van der Waals surface area contributed by atoms with Crippen LogP contribution in [0.5, 0.6) is 5.75 Å². The molecule has 0 spiro atoms. The maximum absolute atomic E-state index is 12.9. The highest BCUT2D eigenvalue weighted by Crippen LogP contribution is 2.18. The lowest BCUT2D eigenvalue weighted by atomic mass is 10.1. The fourth-order valence-corrected chi connectivity index (χ4v) is 3.63. The molecule has 6 nitrogen and oxygen atoms in total. The molecule has 0 atom stereocenters. The van der Waals surface area contributed by atoms with Gasteiger partial charge < -0.3 is 14.5 Å². The van der Waals surface area contributed by atoms with Gasteiger partial charge in [-0.3, -0.25) is 9.59 Å². The third-order valence-corrected chi connectivity index (χ3v) is 5.27. The average molecular weight is 405 g/mol. The van der Waals surface area contributed by atoms with Gasteiger partial charge in [0.05, 0.1) is 0 Å². The minimum atomic E-state index is -0.319. The fraction of sp³-hybridized carbons (Fsp3) is 0.450. The number of thiazole rings is 1. The molecule has 1 fully saturated rings. The number of hydrogen-bond donors (Lipinski definition) is 0. The van der Waals surface area contributed by atoms with Gasteiger partial charge in [-0.25, -0.2) is 9.37 Å². The van der Waals surface area contributed by atoms with Crippen LogP contribution in [-0.4, -0.2) is 52.8 Å². The van der Waals surface area contributed by atoms with Crippen molar-refractivity contribution in [1.29, 1.82) is 0 Å². The van der Waals surface area contributed by atoms with Gasteiger partial charge in [0.25, 0.3) is 5.91 Å². The first-order valence-corrected chi connectivity index (χ1v) is 10.2. The van der Waals surface area contributed by atoms with E-state index in [2.05, 4.69) is 4.98 Å². The van der Waals surface area contributed by atoms with Crippen molar-refractivity contribution < 1.29 is 18.7 Å². The maximum atomic E-state index is 12.9. The molecule has 0 saturated carbocycles. The first kappa shape index (κ1) is 20.3. The number of piperazine rings is 1. The predicted molar refractivity (Wildman–Crippen MR) is 105 cm³/mol. The first-order chi connectivity index (χ1) is 13.4. The standard InChI is InChI=1S/C20H24FN3O3S/c1-14(2)11-19(25)23-7-9-24(10-8-23)20(26)17-13-28-18(22-17)12-27-16-5-3-15(21)4-6-16/h3-6,13-14H,7-12H2,1-2H3. The van der Waals surface area contributed by atoms with E-state index in [0.717, 1.165) is 0 Å². The number of hydrogen-bond acceptors (Lipinski definition) is 5. The highest BCUT2D eigenvalue weighted by atomic mass is 32.1. The topological polar surface area (TPSA) is 62.7 Å². The summed E-state index contributed by atoms with van der Waals surface area (Å²) >= 11 is 1.35. The Morgan fingerprint density at radius 1 is 1.14 bits per heavy atom. The van der Waals surface area contributed by atoms with Crippen LogP contribution in [0.1, 0.15) is 35.8 Å². The molecule has 3 rings (SSSR count). The fourth-order valence-electron chi connectivity index (χ4n) is 2.95. The lowest BCUT2D eigenvalue weighted by Crippen LogP contribution is -2.50. The molecule has 0 radical (unpaired) electrons. The van der Waals surface area contributed by atoms with Crippen molar-refractivity contribution >= 4 is 23.2 Å². The molecule has 0 aliphatic carbocycles. The van der Waals surface area contributed by atoms with E-state index in [0.29, 0.717) is 55.0 Å². The van der Waals surface area contributed by atoms with Gasteiger partial charge in [-0.1, -0.05) is 13.8 Å². The van der Waals surface area contributed by atoms with E-state index in [4.69, 9.17) is 4.74 Å². The highest BCUT2D eigenvalue weighted by molar-refractivity contribution is 7.09. The summed E-state index contributed by atoms with van der Waals surface area (Å²) in [6.07, 6.45) is 0.539. The third-order valence-electron chi connectivity index (χ3n) is 4.45. The van der Waals surface area contributed by atoms with E-state index in [1.165, 1.54) is 23.5 Å². The molecule has 0 unspecified atom stereocenters. The second-order valence-corrected chi connectivity index (χ2v) is 8.08. The second kappa shape index (κ2) is 9.14. The van der Waals surface area contributed by atoms with Crippen LogP contribution in [0.15, 0.2) is 29.6 Å². The molecule has 28 heavy (non-hydrogen) atoms. The molecule has 2 amide bonds. The number of aromatic nitrogens is 1. The predicted octanol–water partition coefficient (Wildman–Crippen LogP) is 3.19. The molecular formula is C20H24FN3O3S. The molecule has 150 valence electrons. The summed E-state index contributed by atoms with van der Waals surface area (Å²) in [5.74, 6) is 0.584. The summed E-state index contributed by atoms with van der Waals surface area (Å²) in [4.78, 5) is 32.7. The molecular weight excluding hydrogens is 381 g/mol. The number of benzene rings is 1. The Bertz CT molecular complexity index is 814. The molecule has 0 N–H and O–H groups in total. The summed E-state index contributed by atoms with van der Waals surface area (Å²) < 4.78 is 18.5. The van der Waals surface area contributed by atoms with Gasteiger partial charge in [-0.05, 0) is 30.2 Å². The largest absolute Gasteiger partial charge is 0.486 e. The van der Waals surface area contributed by atoms with Gasteiger partial charge in [-0.2, -0.15) is 0 Å². The number of nitrogens with zero attached hydrogens (tertiary/aromatic N) is 3. The Balaban J connectivity index is 1.50. The van der Waals surface area contributed by atoms with Gasteiger partial charge in [-0.15, -0.1) is 11.3 Å². The first-order valence-electron chi connectivity index (χ1n) is 9.32. The van der Waals surface area contributed by atoms with Crippen molar-refractivity contribution in [2.45, 2.75) is 26.9 Å². The number of carbonyl (C=O) groups is 2. The number of carbonyl (C=O) groups excluding carboxylic acids is 2. The van der Waals surface area contributed by atoms with Crippen molar-refractivity contribution in [3.05, 3.63) is 46.2 Å². The van der Waals surface area contributed by atoms with E-state index in [1.54, 1.807) is 22.4 Å². The zero-order chi connectivity index (χ0) is 20.1. The summed E-state index contributed by atoms with van der Waals surface area (Å²) in [5, 5.41) is 2.40. The van der Waals surface area contributed by atoms with Crippen LogP contribution in [0.25, 0.3) is 0 Å². The lowest BCUT2D eigenvalue weighted by Gasteiger charge is -2.34. The minimum absolute atomic E-state index is 0.125. The normalized spacial score (nSPS) is 14.4. The maximum Gasteiger partial charge on any atom is 0.273 e. The summed E-state index contributed by atoms with van der Waals surface area (Å²) in [6, 6.07) is 5.76. The Morgan fingerprint density at radius 2 is 1.79 bits per heavy atom. The van der Waals surface area contributed by atoms with Crippen LogP contribution in [-0.2, 0) is 11.4 Å². The number of amides is 2. The molecule has 8 heteroatoms. The summed E-state index contributed by atoms with van der Waals surface area (Å²) in [6.45, 7) is 6.42. The van der Waals surface area contributed by atoms with Crippen molar-refractivity contribution in [1.82, 2.24) is 14.8 Å². The van der Waals surface area contributed by atoms with Gasteiger partial charge in [0.2, 0.25) is 5.91 Å². The Hall–Kier alpha value is -2.48. The average Bonchev–Trinajstić information content (AvgIpc) is 3.15. The van der Waals surface area contributed by atoms with Crippen molar-refractivity contribution in [2.75, 3.05) is 26.2 Å². The molecule has 1 aliphatic rings. The third kappa shape index (κ3) is 5.28. The Morgan fingerprint density at radius 3 is 2.43 bits per heavy atom. The molecule has 1 aliphatic heterocycles. The lowest BCUT2D eigenvalue weighted by molar-refractivity contribution is -0.133. The van der Waals surface area contributed by atoms with E-state index < -0.39 is 0 Å². The molecule has 1 aromatic heterocycles. The minimum Gasteiger partial charge on any atom is -0.486 e. The van der Waals surface area contributed by atoms with Crippen LogP contribution in [0.4, 0.5) is 4.39 Å². The van der Waals surface area contributed by atoms with Crippen molar-refractivity contribution in [2.24, 2.45) is 5.92 Å². The molecule has 1 aromatic carbocycles. The second-order valence-electron chi connectivity index (χ2n) is 7.14. The highest BCUT2D eigenvalue weighted by Gasteiger charge is 2.26. The SMILES string of the molecule is CC(C)CC(=O)N1CCN(C(=O)c2csc(COc3ccc(F)cc3)n2)CC1. The number of ether oxygens (including phenoxy) is 1. The van der Waals surface area contributed by atoms with Crippen LogP contribution >= 0.6 is 11.3 Å². The number of rotatable bonds is 6. The van der Waals surface area contributed by atoms with Gasteiger partial charge in [0.15, 0.2) is 0 Å². The molecule has 0 bridgehead atoms. The molecule has 2 aromatic rings. The van der Waals surface area contributed by atoms with Crippen LogP contribution in [0.3, 0.4) is 0 Å². The summed E-state index contributed by atoms with van der Waals surface area (Å²) in [5.41, 5.74) is 0.393. The van der Waals surface area contributed by atoms with Crippen LogP contribution in [0, 0.1) is 11.7 Å². The quantitative estimate of drug-likeness (QED) is 0.741. The van der Waals surface area contributed by atoms with E-state index in [9.17, 15) is 14.0 Å². The Kier molecular flexibility index (Phi) is 6.61. The van der Waals surface area contributed by atoms with E-state index in [-0.39, 0.29) is 24.2 Å². The van der Waals surface area contributed by atoms with Crippen LogP contribution in [0.2, 0.25) is 0 Å². The van der Waals surface area contributed by atoms with Crippen molar-refractivity contribution in [3.63, 3.8) is 0 Å². The van der Waals surface area contributed by atoms with Gasteiger partial charge in [0.1, 0.15) is 28.9 Å². The number of halogens is 1. The zero-order valence-electron chi connectivity index (χ0n) is 16.1. The Labute approximate surface area is 167 Å². The van der Waals surface area contributed by atoms with E-state index >= 15 is 0 Å². The van der Waals surface area contributed by atoms with Crippen LogP contribution < -0.4 is 4.74 Å². The van der Waals surface area contributed by atoms with Gasteiger partial charge in [0, 0.05) is 38.0 Å². The summed E-state index contributed by atoms with van der Waals surface area (Å²) in [7, 11) is 0. The zero-order valence-corrected chi connectivity index (χ0v) is 16.9. The molecule has 1 saturated heterocycles.